The second kappa shape index (κ2) is 14.5. The van der Waals surface area contributed by atoms with E-state index >= 15 is 0 Å². The Balaban J connectivity index is 0.00000480. The predicted molar refractivity (Wildman–Crippen MR) is 138 cm³/mol. The van der Waals surface area contributed by atoms with Gasteiger partial charge in [-0.05, 0) is 44.1 Å². The number of nitrogens with zero attached hydrogens (tertiary/aromatic N) is 3. The molecule has 2 atom stereocenters. The van der Waals surface area contributed by atoms with E-state index in [1.807, 2.05) is 24.0 Å². The average Bonchev–Trinajstić information content (AvgIpc) is 3.24. The first-order chi connectivity index (χ1) is 14.6. The molecule has 1 fully saturated rings. The van der Waals surface area contributed by atoms with Crippen molar-refractivity contribution in [2.24, 2.45) is 4.99 Å². The van der Waals surface area contributed by atoms with Crippen molar-refractivity contribution in [1.29, 1.82) is 0 Å². The average molecular weight is 546 g/mol. The molecule has 1 aromatic rings. The highest BCUT2D eigenvalue weighted by molar-refractivity contribution is 14.0. The molecule has 8 heteroatoms. The van der Waals surface area contributed by atoms with E-state index in [0.29, 0.717) is 13.0 Å². The monoisotopic (exact) mass is 545 g/mol. The second-order valence-electron chi connectivity index (χ2n) is 7.56. The van der Waals surface area contributed by atoms with E-state index in [2.05, 4.69) is 48.4 Å². The minimum atomic E-state index is 0. The van der Waals surface area contributed by atoms with Crippen molar-refractivity contribution in [3.8, 4) is 5.75 Å². The van der Waals surface area contributed by atoms with Gasteiger partial charge in [0.1, 0.15) is 5.75 Å². The molecule has 1 saturated heterocycles. The van der Waals surface area contributed by atoms with Gasteiger partial charge >= 0.3 is 0 Å². The molecule has 0 radical (unpaired) electrons. The minimum Gasteiger partial charge on any atom is -0.497 e. The number of carbonyl (C=O) groups is 1. The molecule has 0 aliphatic carbocycles. The summed E-state index contributed by atoms with van der Waals surface area (Å²) in [7, 11) is 1.70. The van der Waals surface area contributed by atoms with Crippen LogP contribution >= 0.6 is 24.0 Å². The van der Waals surface area contributed by atoms with Crippen molar-refractivity contribution < 1.29 is 9.53 Å². The molecular formula is C23H40IN5O2. The van der Waals surface area contributed by atoms with Crippen LogP contribution in [0.3, 0.4) is 0 Å². The molecule has 2 N–H and O–H groups in total. The highest BCUT2D eigenvalue weighted by atomic mass is 127. The van der Waals surface area contributed by atoms with E-state index in [9.17, 15) is 4.79 Å². The summed E-state index contributed by atoms with van der Waals surface area (Å²) in [4.78, 5) is 21.3. The van der Waals surface area contributed by atoms with Crippen LogP contribution in [-0.4, -0.2) is 74.1 Å². The highest BCUT2D eigenvalue weighted by Gasteiger charge is 2.26. The number of ether oxygens (including phenoxy) is 1. The number of hydrogen-bond acceptors (Lipinski definition) is 4. The lowest BCUT2D eigenvalue weighted by molar-refractivity contribution is -0.129. The maximum absolute atomic E-state index is 12.0. The van der Waals surface area contributed by atoms with Crippen LogP contribution in [0.4, 0.5) is 0 Å². The third kappa shape index (κ3) is 8.14. The molecule has 1 amide bonds. The molecule has 0 bridgehead atoms. The molecule has 1 heterocycles. The highest BCUT2D eigenvalue weighted by Crippen LogP contribution is 2.24. The summed E-state index contributed by atoms with van der Waals surface area (Å²) >= 11 is 0. The molecule has 1 aliphatic rings. The number of aliphatic imine (C=N–C) groups is 1. The molecule has 7 nitrogen and oxygen atoms in total. The van der Waals surface area contributed by atoms with Gasteiger partial charge in [0.25, 0.3) is 0 Å². The van der Waals surface area contributed by atoms with Crippen LogP contribution < -0.4 is 15.4 Å². The maximum Gasteiger partial charge on any atom is 0.222 e. The first kappa shape index (κ1) is 27.5. The smallest absolute Gasteiger partial charge is 0.222 e. The van der Waals surface area contributed by atoms with E-state index in [1.165, 1.54) is 5.56 Å². The molecule has 0 saturated carbocycles. The molecule has 176 valence electrons. The van der Waals surface area contributed by atoms with Crippen LogP contribution in [0.2, 0.25) is 0 Å². The first-order valence-electron chi connectivity index (χ1n) is 11.3. The fraction of sp³-hybridized carbons (Fsp3) is 0.652. The van der Waals surface area contributed by atoms with Gasteiger partial charge in [-0.25, -0.2) is 0 Å². The maximum atomic E-state index is 12.0. The first-order valence-corrected chi connectivity index (χ1v) is 11.3. The van der Waals surface area contributed by atoms with E-state index < -0.39 is 0 Å². The number of guanidine groups is 1. The van der Waals surface area contributed by atoms with Crippen LogP contribution in [0.25, 0.3) is 0 Å². The third-order valence-corrected chi connectivity index (χ3v) is 5.68. The van der Waals surface area contributed by atoms with E-state index in [0.717, 1.165) is 50.9 Å². The van der Waals surface area contributed by atoms with Crippen molar-refractivity contribution in [3.63, 3.8) is 0 Å². The number of methoxy groups -OCH3 is 1. The Kier molecular flexibility index (Phi) is 12.9. The lowest BCUT2D eigenvalue weighted by atomic mass is 10.0. The van der Waals surface area contributed by atoms with E-state index in [1.54, 1.807) is 7.11 Å². The van der Waals surface area contributed by atoms with E-state index in [4.69, 9.17) is 9.73 Å². The zero-order valence-corrected chi connectivity index (χ0v) is 22.0. The summed E-state index contributed by atoms with van der Waals surface area (Å²) < 4.78 is 5.43. The fourth-order valence-corrected chi connectivity index (χ4v) is 3.96. The third-order valence-electron chi connectivity index (χ3n) is 5.68. The van der Waals surface area contributed by atoms with Gasteiger partial charge < -0.3 is 20.3 Å². The van der Waals surface area contributed by atoms with E-state index in [-0.39, 0.29) is 42.0 Å². The zero-order valence-electron chi connectivity index (χ0n) is 19.7. The number of halogens is 1. The van der Waals surface area contributed by atoms with Gasteiger partial charge in [0, 0.05) is 32.1 Å². The van der Waals surface area contributed by atoms with Crippen LogP contribution in [0.15, 0.2) is 29.3 Å². The van der Waals surface area contributed by atoms with Crippen molar-refractivity contribution in [3.05, 3.63) is 29.8 Å². The molecular weight excluding hydrogens is 505 g/mol. The zero-order chi connectivity index (χ0) is 21.9. The number of nitrogens with one attached hydrogen (secondary N) is 2. The molecule has 1 aromatic carbocycles. The predicted octanol–water partition coefficient (Wildman–Crippen LogP) is 3.26. The standard InChI is InChI=1S/C23H39N5O2.HI/c1-6-22(29)28-14-13-19(17-28)26-23(24-7-2)25-16-21(27(8-3)9-4)18-11-10-12-20(15-18)30-5;/h10-12,15,19,21H,6-9,13-14,16-17H2,1-5H3,(H2,24,25,26);1H. The molecule has 0 aromatic heterocycles. The lowest BCUT2D eigenvalue weighted by Gasteiger charge is -2.29. The Morgan fingerprint density at radius 1 is 1.29 bits per heavy atom. The summed E-state index contributed by atoms with van der Waals surface area (Å²) in [5.74, 6) is 1.90. The fourth-order valence-electron chi connectivity index (χ4n) is 3.96. The topological polar surface area (TPSA) is 69.2 Å². The molecule has 2 unspecified atom stereocenters. The van der Waals surface area contributed by atoms with Crippen LogP contribution in [0.5, 0.6) is 5.75 Å². The Bertz CT molecular complexity index is 696. The summed E-state index contributed by atoms with van der Waals surface area (Å²) in [5.41, 5.74) is 1.21. The Morgan fingerprint density at radius 3 is 2.65 bits per heavy atom. The number of hydrogen-bond donors (Lipinski definition) is 2. The summed E-state index contributed by atoms with van der Waals surface area (Å²) in [6, 6.07) is 8.67. The number of rotatable bonds is 10. The van der Waals surface area contributed by atoms with Gasteiger partial charge in [-0.2, -0.15) is 0 Å². The Morgan fingerprint density at radius 2 is 2.03 bits per heavy atom. The molecule has 2 rings (SSSR count). The summed E-state index contributed by atoms with van der Waals surface area (Å²) in [5, 5.41) is 6.90. The summed E-state index contributed by atoms with van der Waals surface area (Å²) in [6.07, 6.45) is 1.51. The lowest BCUT2D eigenvalue weighted by Crippen LogP contribution is -2.45. The summed E-state index contributed by atoms with van der Waals surface area (Å²) in [6.45, 7) is 13.3. The minimum absolute atomic E-state index is 0. The van der Waals surface area contributed by atoms with Gasteiger partial charge in [0.05, 0.1) is 19.7 Å². The second-order valence-corrected chi connectivity index (χ2v) is 7.56. The Labute approximate surface area is 205 Å². The van der Waals surface area contributed by atoms with Crippen molar-refractivity contribution in [2.45, 2.75) is 52.6 Å². The number of likely N-dealkylation sites (N-methyl/N-ethyl adjacent to an activating group) is 1. The normalized spacial score (nSPS) is 17.3. The van der Waals surface area contributed by atoms with Gasteiger partial charge in [0.2, 0.25) is 5.91 Å². The van der Waals surface area contributed by atoms with Gasteiger partial charge in [-0.15, -0.1) is 24.0 Å². The Hall–Kier alpha value is -1.55. The van der Waals surface area contributed by atoms with Gasteiger partial charge in [-0.1, -0.05) is 32.9 Å². The quantitative estimate of drug-likeness (QED) is 0.269. The number of benzene rings is 1. The van der Waals surface area contributed by atoms with Gasteiger partial charge in [-0.3, -0.25) is 14.7 Å². The van der Waals surface area contributed by atoms with Crippen molar-refractivity contribution in [1.82, 2.24) is 20.4 Å². The van der Waals surface area contributed by atoms with Crippen LogP contribution in [0, 0.1) is 0 Å². The SMILES string of the molecule is CCNC(=NCC(c1cccc(OC)c1)N(CC)CC)NC1CCN(C(=O)CC)C1.I. The van der Waals surface area contributed by atoms with Crippen molar-refractivity contribution >= 4 is 35.8 Å². The molecule has 1 aliphatic heterocycles. The number of amides is 1. The largest absolute Gasteiger partial charge is 0.497 e. The van der Waals surface area contributed by atoms with Crippen LogP contribution in [-0.2, 0) is 4.79 Å². The number of carbonyl (C=O) groups excluding carboxylic acids is 1. The van der Waals surface area contributed by atoms with Crippen LogP contribution in [0.1, 0.15) is 52.1 Å². The van der Waals surface area contributed by atoms with Gasteiger partial charge in [0.15, 0.2) is 5.96 Å². The number of likely N-dealkylation sites (tertiary alicyclic amines) is 1. The molecule has 31 heavy (non-hydrogen) atoms. The van der Waals surface area contributed by atoms with Crippen molar-refractivity contribution in [2.75, 3.05) is 46.4 Å². The molecule has 0 spiro atoms.